The van der Waals surface area contributed by atoms with Crippen LogP contribution in [-0.2, 0) is 11.3 Å². The molecule has 0 saturated carbocycles. The fourth-order valence-electron chi connectivity index (χ4n) is 2.88. The van der Waals surface area contributed by atoms with Gasteiger partial charge in [0.25, 0.3) is 0 Å². The van der Waals surface area contributed by atoms with E-state index in [1.54, 1.807) is 18.5 Å². The molecule has 2 aromatic rings. The molecule has 0 aliphatic carbocycles. The lowest BCUT2D eigenvalue weighted by atomic mass is 9.95. The summed E-state index contributed by atoms with van der Waals surface area (Å²) in [5.41, 5.74) is 2.07. The fourth-order valence-corrected chi connectivity index (χ4v) is 2.88. The van der Waals surface area contributed by atoms with E-state index in [4.69, 9.17) is 4.74 Å². The molecule has 2 atom stereocenters. The van der Waals surface area contributed by atoms with Crippen LogP contribution in [-0.4, -0.2) is 46.8 Å². The quantitative estimate of drug-likeness (QED) is 0.889. The van der Waals surface area contributed by atoms with Gasteiger partial charge in [0, 0.05) is 31.4 Å². The zero-order valence-electron chi connectivity index (χ0n) is 14.8. The number of alkyl halides is 1. The van der Waals surface area contributed by atoms with Crippen LogP contribution < -0.4 is 5.32 Å². The van der Waals surface area contributed by atoms with Gasteiger partial charge in [-0.05, 0) is 25.0 Å². The van der Waals surface area contributed by atoms with Gasteiger partial charge >= 0.3 is 6.09 Å². The Morgan fingerprint density at radius 3 is 2.73 bits per heavy atom. The third-order valence-corrected chi connectivity index (χ3v) is 4.51. The minimum absolute atomic E-state index is 0.0503. The van der Waals surface area contributed by atoms with E-state index in [0.717, 1.165) is 11.1 Å². The molecule has 1 N–H and O–H groups in total. The summed E-state index contributed by atoms with van der Waals surface area (Å²) in [6.45, 7) is 3.17. The van der Waals surface area contributed by atoms with Crippen molar-refractivity contribution in [1.82, 2.24) is 14.9 Å². The Morgan fingerprint density at radius 1 is 1.31 bits per heavy atom. The lowest BCUT2D eigenvalue weighted by Gasteiger charge is -2.34. The first-order chi connectivity index (χ1) is 12.6. The summed E-state index contributed by atoms with van der Waals surface area (Å²) < 4.78 is 19.7. The minimum atomic E-state index is -1.10. The molecule has 1 aliphatic heterocycles. The molecular formula is C19H23FN4O2. The summed E-state index contributed by atoms with van der Waals surface area (Å²) in [6.07, 6.45) is 2.27. The molecule has 0 radical (unpaired) electrons. The number of anilines is 1. The molecule has 7 heteroatoms. The average molecular weight is 358 g/mol. The SMILES string of the molecule is Cc1ccc(COC(=O)N2CC[C@H](CNc3ncccn3)[C@H](F)C2)cc1. The molecule has 0 spiro atoms. The number of ether oxygens (including phenoxy) is 1. The monoisotopic (exact) mass is 358 g/mol. The van der Waals surface area contributed by atoms with Gasteiger partial charge in [-0.3, -0.25) is 0 Å². The van der Waals surface area contributed by atoms with E-state index < -0.39 is 12.3 Å². The number of amides is 1. The Morgan fingerprint density at radius 2 is 2.04 bits per heavy atom. The van der Waals surface area contributed by atoms with Gasteiger partial charge in [-0.2, -0.15) is 0 Å². The van der Waals surface area contributed by atoms with Gasteiger partial charge in [0.1, 0.15) is 12.8 Å². The molecule has 0 unspecified atom stereocenters. The summed E-state index contributed by atoms with van der Waals surface area (Å²) in [7, 11) is 0. The van der Waals surface area contributed by atoms with Crippen molar-refractivity contribution in [2.75, 3.05) is 25.0 Å². The predicted molar refractivity (Wildman–Crippen MR) is 96.5 cm³/mol. The highest BCUT2D eigenvalue weighted by Gasteiger charge is 2.32. The molecule has 1 amide bonds. The van der Waals surface area contributed by atoms with Crippen LogP contribution in [0.15, 0.2) is 42.7 Å². The van der Waals surface area contributed by atoms with Crippen LogP contribution >= 0.6 is 0 Å². The van der Waals surface area contributed by atoms with Crippen molar-refractivity contribution in [1.29, 1.82) is 0 Å². The van der Waals surface area contributed by atoms with Crippen molar-refractivity contribution in [2.24, 2.45) is 5.92 Å². The first-order valence-electron chi connectivity index (χ1n) is 8.74. The number of hydrogen-bond donors (Lipinski definition) is 1. The molecule has 26 heavy (non-hydrogen) atoms. The zero-order valence-corrected chi connectivity index (χ0v) is 14.8. The van der Waals surface area contributed by atoms with E-state index in [2.05, 4.69) is 15.3 Å². The smallest absolute Gasteiger partial charge is 0.410 e. The van der Waals surface area contributed by atoms with Gasteiger partial charge in [0.05, 0.1) is 6.54 Å². The first-order valence-corrected chi connectivity index (χ1v) is 8.74. The number of nitrogens with zero attached hydrogens (tertiary/aromatic N) is 3. The van der Waals surface area contributed by atoms with Crippen LogP contribution in [0.5, 0.6) is 0 Å². The van der Waals surface area contributed by atoms with Gasteiger partial charge < -0.3 is 15.0 Å². The van der Waals surface area contributed by atoms with Crippen LogP contribution in [0.1, 0.15) is 17.5 Å². The Kier molecular flexibility index (Phi) is 5.99. The topological polar surface area (TPSA) is 67.3 Å². The molecule has 1 fully saturated rings. The van der Waals surface area contributed by atoms with Gasteiger partial charge in [0.15, 0.2) is 0 Å². The number of aryl methyl sites for hydroxylation is 1. The molecule has 6 nitrogen and oxygen atoms in total. The highest BCUT2D eigenvalue weighted by Crippen LogP contribution is 2.22. The Bertz CT molecular complexity index is 711. The fraction of sp³-hybridized carbons (Fsp3) is 0.421. The second-order valence-corrected chi connectivity index (χ2v) is 6.50. The third-order valence-electron chi connectivity index (χ3n) is 4.51. The van der Waals surface area contributed by atoms with Crippen LogP contribution in [0.25, 0.3) is 0 Å². The second-order valence-electron chi connectivity index (χ2n) is 6.50. The molecule has 2 heterocycles. The van der Waals surface area contributed by atoms with Gasteiger partial charge in [-0.25, -0.2) is 19.2 Å². The first kappa shape index (κ1) is 18.1. The number of likely N-dealkylation sites (tertiary alicyclic amines) is 1. The van der Waals surface area contributed by atoms with Crippen molar-refractivity contribution in [3.63, 3.8) is 0 Å². The number of benzene rings is 1. The van der Waals surface area contributed by atoms with E-state index in [1.807, 2.05) is 31.2 Å². The van der Waals surface area contributed by atoms with Crippen molar-refractivity contribution in [3.05, 3.63) is 53.9 Å². The maximum absolute atomic E-state index is 14.4. The van der Waals surface area contributed by atoms with Crippen LogP contribution in [0, 0.1) is 12.8 Å². The third kappa shape index (κ3) is 4.91. The Balaban J connectivity index is 1.43. The van der Waals surface area contributed by atoms with Gasteiger partial charge in [0.2, 0.25) is 5.95 Å². The van der Waals surface area contributed by atoms with Gasteiger partial charge in [-0.15, -0.1) is 0 Å². The van der Waals surface area contributed by atoms with E-state index >= 15 is 0 Å². The molecule has 0 bridgehead atoms. The number of carbonyl (C=O) groups is 1. The predicted octanol–water partition coefficient (Wildman–Crippen LogP) is 3.19. The van der Waals surface area contributed by atoms with Crippen molar-refractivity contribution < 1.29 is 13.9 Å². The van der Waals surface area contributed by atoms with E-state index in [-0.39, 0.29) is 19.1 Å². The summed E-state index contributed by atoms with van der Waals surface area (Å²) in [4.78, 5) is 21.7. The number of aromatic nitrogens is 2. The Labute approximate surface area is 152 Å². The number of rotatable bonds is 5. The van der Waals surface area contributed by atoms with E-state index in [9.17, 15) is 9.18 Å². The summed E-state index contributed by atoms with van der Waals surface area (Å²) in [5, 5.41) is 3.04. The highest BCUT2D eigenvalue weighted by molar-refractivity contribution is 5.67. The number of piperidine rings is 1. The molecule has 1 aromatic carbocycles. The average Bonchev–Trinajstić information content (AvgIpc) is 2.67. The summed E-state index contributed by atoms with van der Waals surface area (Å²) in [6, 6.07) is 9.50. The highest BCUT2D eigenvalue weighted by atomic mass is 19.1. The molecule has 1 aromatic heterocycles. The minimum Gasteiger partial charge on any atom is -0.445 e. The Hall–Kier alpha value is -2.70. The molecule has 1 saturated heterocycles. The second kappa shape index (κ2) is 8.60. The van der Waals surface area contributed by atoms with Gasteiger partial charge in [-0.1, -0.05) is 29.8 Å². The number of hydrogen-bond acceptors (Lipinski definition) is 5. The number of nitrogens with one attached hydrogen (secondary N) is 1. The number of halogens is 1. The normalized spacial score (nSPS) is 19.8. The van der Waals surface area contributed by atoms with Crippen molar-refractivity contribution in [2.45, 2.75) is 26.1 Å². The standard InChI is InChI=1S/C19H23FN4O2/c1-14-3-5-15(6-4-14)13-26-19(25)24-10-7-16(17(20)12-24)11-23-18-21-8-2-9-22-18/h2-6,8-9,16-17H,7,10-13H2,1H3,(H,21,22,23)/t16-,17-/m1/s1. The molecule has 3 rings (SSSR count). The largest absolute Gasteiger partial charge is 0.445 e. The van der Waals surface area contributed by atoms with Crippen LogP contribution in [0.2, 0.25) is 0 Å². The lowest BCUT2D eigenvalue weighted by Crippen LogP contribution is -2.46. The van der Waals surface area contributed by atoms with Crippen molar-refractivity contribution >= 4 is 12.0 Å². The maximum Gasteiger partial charge on any atom is 0.410 e. The van der Waals surface area contributed by atoms with E-state index in [0.29, 0.717) is 25.5 Å². The summed E-state index contributed by atoms with van der Waals surface area (Å²) >= 11 is 0. The lowest BCUT2D eigenvalue weighted by molar-refractivity contribution is 0.0544. The van der Waals surface area contributed by atoms with Crippen LogP contribution in [0.4, 0.5) is 15.1 Å². The van der Waals surface area contributed by atoms with Crippen molar-refractivity contribution in [3.8, 4) is 0 Å². The molecular weight excluding hydrogens is 335 g/mol. The molecule has 138 valence electrons. The molecule has 1 aliphatic rings. The maximum atomic E-state index is 14.4. The summed E-state index contributed by atoms with van der Waals surface area (Å²) in [5.74, 6) is 0.305. The van der Waals surface area contributed by atoms with Crippen LogP contribution in [0.3, 0.4) is 0 Å². The number of carbonyl (C=O) groups excluding carboxylic acids is 1. The van der Waals surface area contributed by atoms with E-state index in [1.165, 1.54) is 4.90 Å². The zero-order chi connectivity index (χ0) is 18.4.